The molecule has 1 heterocycles. The van der Waals surface area contributed by atoms with Crippen LogP contribution in [0.4, 0.5) is 4.39 Å². The average molecular weight is 237 g/mol. The van der Waals surface area contributed by atoms with E-state index in [9.17, 15) is 9.18 Å². The van der Waals surface area contributed by atoms with Crippen molar-refractivity contribution in [3.63, 3.8) is 0 Å². The van der Waals surface area contributed by atoms with Gasteiger partial charge in [0.1, 0.15) is 11.4 Å². The van der Waals surface area contributed by atoms with Gasteiger partial charge in [-0.1, -0.05) is 12.1 Å². The maximum atomic E-state index is 13.3. The molecule has 0 saturated carbocycles. The lowest BCUT2D eigenvalue weighted by molar-refractivity contribution is -0.150. The summed E-state index contributed by atoms with van der Waals surface area (Å²) in [4.78, 5) is 12.0. The number of carbonyl (C=O) groups is 1. The second-order valence-corrected chi connectivity index (χ2v) is 4.29. The first-order valence-electron chi connectivity index (χ1n) is 5.78. The van der Waals surface area contributed by atoms with Gasteiger partial charge >= 0.3 is 5.97 Å². The van der Waals surface area contributed by atoms with E-state index in [1.54, 1.807) is 12.1 Å². The molecule has 0 amide bonds. The first-order chi connectivity index (χ1) is 8.19. The number of esters is 1. The van der Waals surface area contributed by atoms with E-state index in [4.69, 9.17) is 4.74 Å². The molecule has 1 aliphatic rings. The van der Waals surface area contributed by atoms with Crippen molar-refractivity contribution in [2.75, 3.05) is 13.7 Å². The molecule has 1 N–H and O–H groups in total. The van der Waals surface area contributed by atoms with Crippen molar-refractivity contribution >= 4 is 5.97 Å². The Balaban J connectivity index is 2.42. The van der Waals surface area contributed by atoms with Gasteiger partial charge in [0.25, 0.3) is 0 Å². The maximum absolute atomic E-state index is 13.3. The lowest BCUT2D eigenvalue weighted by Gasteiger charge is -2.36. The monoisotopic (exact) mass is 237 g/mol. The van der Waals surface area contributed by atoms with E-state index in [0.29, 0.717) is 12.0 Å². The number of benzene rings is 1. The lowest BCUT2D eigenvalue weighted by Crippen LogP contribution is -2.52. The minimum Gasteiger partial charge on any atom is -0.467 e. The molecule has 0 bridgehead atoms. The van der Waals surface area contributed by atoms with E-state index in [1.807, 2.05) is 0 Å². The second kappa shape index (κ2) is 4.84. The molecule has 1 fully saturated rings. The number of halogens is 1. The van der Waals surface area contributed by atoms with Crippen molar-refractivity contribution in [2.45, 2.75) is 24.8 Å². The van der Waals surface area contributed by atoms with Crippen LogP contribution in [-0.2, 0) is 15.1 Å². The Hall–Kier alpha value is -1.42. The van der Waals surface area contributed by atoms with Gasteiger partial charge in [-0.25, -0.2) is 9.18 Å². The standard InChI is InChI=1S/C13H16FNO2/c1-17-12(16)13(7-2-3-8-15-13)10-5-4-6-11(14)9-10/h4-6,9,15H,2-3,7-8H2,1H3. The largest absolute Gasteiger partial charge is 0.467 e. The maximum Gasteiger partial charge on any atom is 0.330 e. The molecule has 92 valence electrons. The third kappa shape index (κ3) is 2.17. The lowest BCUT2D eigenvalue weighted by atomic mass is 9.82. The molecule has 0 radical (unpaired) electrons. The Labute approximate surface area is 100.0 Å². The normalized spacial score (nSPS) is 24.4. The number of carbonyl (C=O) groups excluding carboxylic acids is 1. The molecular formula is C13H16FNO2. The van der Waals surface area contributed by atoms with Crippen molar-refractivity contribution in [3.8, 4) is 0 Å². The summed E-state index contributed by atoms with van der Waals surface area (Å²) in [5.74, 6) is -0.680. The summed E-state index contributed by atoms with van der Waals surface area (Å²) in [6.45, 7) is 0.742. The quantitative estimate of drug-likeness (QED) is 0.799. The number of hydrogen-bond acceptors (Lipinski definition) is 3. The number of hydrogen-bond donors (Lipinski definition) is 1. The fourth-order valence-corrected chi connectivity index (χ4v) is 2.37. The predicted octanol–water partition coefficient (Wildman–Crippen LogP) is 1.97. The molecule has 1 aromatic rings. The van der Waals surface area contributed by atoms with Crippen molar-refractivity contribution < 1.29 is 13.9 Å². The van der Waals surface area contributed by atoms with Gasteiger partial charge in [0.05, 0.1) is 7.11 Å². The summed E-state index contributed by atoms with van der Waals surface area (Å²) < 4.78 is 18.1. The smallest absolute Gasteiger partial charge is 0.330 e. The molecular weight excluding hydrogens is 221 g/mol. The van der Waals surface area contributed by atoms with Gasteiger partial charge < -0.3 is 4.74 Å². The molecule has 1 aliphatic heterocycles. The molecule has 1 saturated heterocycles. The van der Waals surface area contributed by atoms with Crippen LogP contribution >= 0.6 is 0 Å². The van der Waals surface area contributed by atoms with E-state index in [2.05, 4.69) is 5.32 Å². The number of ether oxygens (including phenoxy) is 1. The zero-order valence-corrected chi connectivity index (χ0v) is 9.83. The highest BCUT2D eigenvalue weighted by Crippen LogP contribution is 2.31. The average Bonchev–Trinajstić information content (AvgIpc) is 2.38. The van der Waals surface area contributed by atoms with Gasteiger partial charge in [0.2, 0.25) is 0 Å². The summed E-state index contributed by atoms with van der Waals surface area (Å²) in [5.41, 5.74) is -0.237. The van der Waals surface area contributed by atoms with Crippen LogP contribution in [0.2, 0.25) is 0 Å². The number of methoxy groups -OCH3 is 1. The van der Waals surface area contributed by atoms with Crippen molar-refractivity contribution in [2.24, 2.45) is 0 Å². The van der Waals surface area contributed by atoms with Crippen LogP contribution in [-0.4, -0.2) is 19.6 Å². The Morgan fingerprint density at radius 2 is 2.29 bits per heavy atom. The number of nitrogens with one attached hydrogen (secondary N) is 1. The second-order valence-electron chi connectivity index (χ2n) is 4.29. The predicted molar refractivity (Wildman–Crippen MR) is 61.9 cm³/mol. The van der Waals surface area contributed by atoms with E-state index >= 15 is 0 Å². The summed E-state index contributed by atoms with van der Waals surface area (Å²) in [7, 11) is 1.36. The van der Waals surface area contributed by atoms with Gasteiger partial charge in [-0.15, -0.1) is 0 Å². The molecule has 1 unspecified atom stereocenters. The topological polar surface area (TPSA) is 38.3 Å². The van der Waals surface area contributed by atoms with Crippen LogP contribution in [0.15, 0.2) is 24.3 Å². The molecule has 0 aliphatic carbocycles. The van der Waals surface area contributed by atoms with E-state index in [0.717, 1.165) is 19.4 Å². The highest BCUT2D eigenvalue weighted by Gasteiger charge is 2.42. The van der Waals surface area contributed by atoms with E-state index < -0.39 is 5.54 Å². The minimum absolute atomic E-state index is 0.335. The SMILES string of the molecule is COC(=O)C1(c2cccc(F)c2)CCCCN1. The van der Waals surface area contributed by atoms with Gasteiger partial charge in [-0.3, -0.25) is 5.32 Å². The summed E-state index contributed by atoms with van der Waals surface area (Å²) in [6, 6.07) is 6.15. The molecule has 1 aromatic carbocycles. The minimum atomic E-state index is -0.880. The molecule has 1 atom stereocenters. The molecule has 0 spiro atoms. The third-order valence-corrected chi connectivity index (χ3v) is 3.26. The van der Waals surface area contributed by atoms with Crippen LogP contribution in [0, 0.1) is 5.82 Å². The molecule has 3 nitrogen and oxygen atoms in total. The van der Waals surface area contributed by atoms with Crippen LogP contribution in [0.5, 0.6) is 0 Å². The van der Waals surface area contributed by atoms with Crippen LogP contribution < -0.4 is 5.32 Å². The summed E-state index contributed by atoms with van der Waals surface area (Å²) >= 11 is 0. The number of rotatable bonds is 2. The zero-order valence-electron chi connectivity index (χ0n) is 9.83. The highest BCUT2D eigenvalue weighted by atomic mass is 19.1. The highest BCUT2D eigenvalue weighted by molar-refractivity contribution is 5.82. The Kier molecular flexibility index (Phi) is 3.43. The summed E-state index contributed by atoms with van der Waals surface area (Å²) in [5, 5.41) is 3.19. The van der Waals surface area contributed by atoms with Gasteiger partial charge in [-0.2, -0.15) is 0 Å². The van der Waals surface area contributed by atoms with Crippen LogP contribution in [0.1, 0.15) is 24.8 Å². The first kappa shape index (κ1) is 12.0. The van der Waals surface area contributed by atoms with Crippen LogP contribution in [0.3, 0.4) is 0 Å². The first-order valence-corrected chi connectivity index (χ1v) is 5.78. The Morgan fingerprint density at radius 3 is 2.88 bits per heavy atom. The third-order valence-electron chi connectivity index (χ3n) is 3.26. The molecule has 2 rings (SSSR count). The van der Waals surface area contributed by atoms with E-state index in [1.165, 1.54) is 19.2 Å². The van der Waals surface area contributed by atoms with Gasteiger partial charge in [0, 0.05) is 0 Å². The molecule has 17 heavy (non-hydrogen) atoms. The number of piperidine rings is 1. The van der Waals surface area contributed by atoms with Gasteiger partial charge in [-0.05, 0) is 43.5 Å². The van der Waals surface area contributed by atoms with Crippen LogP contribution in [0.25, 0.3) is 0 Å². The molecule has 0 aromatic heterocycles. The summed E-state index contributed by atoms with van der Waals surface area (Å²) in [6.07, 6.45) is 2.59. The van der Waals surface area contributed by atoms with E-state index in [-0.39, 0.29) is 11.8 Å². The van der Waals surface area contributed by atoms with Gasteiger partial charge in [0.15, 0.2) is 0 Å². The van der Waals surface area contributed by atoms with Crippen molar-refractivity contribution in [1.29, 1.82) is 0 Å². The Morgan fingerprint density at radius 1 is 1.47 bits per heavy atom. The fourth-order valence-electron chi connectivity index (χ4n) is 2.37. The zero-order chi connectivity index (χ0) is 12.3. The molecule has 4 heteroatoms. The fraction of sp³-hybridized carbons (Fsp3) is 0.462. The van der Waals surface area contributed by atoms with Crippen molar-refractivity contribution in [3.05, 3.63) is 35.6 Å². The van der Waals surface area contributed by atoms with Crippen molar-refractivity contribution in [1.82, 2.24) is 5.32 Å². The Bertz CT molecular complexity index is 414.